The van der Waals surface area contributed by atoms with Crippen LogP contribution in [-0.4, -0.2) is 9.13 Å². The van der Waals surface area contributed by atoms with Crippen molar-refractivity contribution in [2.45, 2.75) is 40.5 Å². The van der Waals surface area contributed by atoms with E-state index in [0.717, 1.165) is 12.8 Å². The molecule has 1 aliphatic rings. The van der Waals surface area contributed by atoms with Gasteiger partial charge in [0.2, 0.25) is 0 Å². The largest absolute Gasteiger partial charge is 0.309 e. The molecule has 0 N–H and O–H groups in total. The first-order valence-electron chi connectivity index (χ1n) is 15.7. The average molecular weight is 567 g/mol. The van der Waals surface area contributed by atoms with E-state index in [9.17, 15) is 0 Å². The van der Waals surface area contributed by atoms with Crippen molar-refractivity contribution in [1.29, 1.82) is 0 Å². The summed E-state index contributed by atoms with van der Waals surface area (Å²) in [6, 6.07) is 41.6. The molecule has 0 radical (unpaired) electrons. The predicted molar refractivity (Wildman–Crippen MR) is 187 cm³/mol. The van der Waals surface area contributed by atoms with E-state index < -0.39 is 0 Å². The Morgan fingerprint density at radius 2 is 0.682 bits per heavy atom. The minimum Gasteiger partial charge on any atom is -0.309 e. The van der Waals surface area contributed by atoms with E-state index in [1.807, 2.05) is 0 Å². The molecule has 0 fully saturated rings. The van der Waals surface area contributed by atoms with Crippen LogP contribution in [0.15, 0.2) is 109 Å². The molecule has 0 bridgehead atoms. The molecule has 0 atom stereocenters. The number of hydrogen-bond acceptors (Lipinski definition) is 0. The summed E-state index contributed by atoms with van der Waals surface area (Å²) in [5.74, 6) is 0. The quantitative estimate of drug-likeness (QED) is 0.197. The van der Waals surface area contributed by atoms with E-state index >= 15 is 0 Å². The standard InChI is InChI=1S/C42H34N2/c1-25-5-15-39-35(19-25)36-20-26(2)6-16-40(36)43(39)31-11-13-33-29(23-31)9-10-30-24-32(12-14-34(30)33)44-41-17-7-27(3)21-37(41)38-22-28(4)8-18-42(38)44/h5-8,11-24H,9-10H2,1-4H3. The summed E-state index contributed by atoms with van der Waals surface area (Å²) in [6.07, 6.45) is 2.08. The molecule has 2 nitrogen and oxygen atoms in total. The highest BCUT2D eigenvalue weighted by Gasteiger charge is 2.21. The van der Waals surface area contributed by atoms with Crippen molar-refractivity contribution in [3.8, 4) is 22.5 Å². The molecular weight excluding hydrogens is 532 g/mol. The zero-order chi connectivity index (χ0) is 29.7. The van der Waals surface area contributed by atoms with E-state index in [0.29, 0.717) is 0 Å². The second-order valence-electron chi connectivity index (χ2n) is 12.9. The summed E-state index contributed by atoms with van der Waals surface area (Å²) in [4.78, 5) is 0. The molecule has 0 saturated carbocycles. The van der Waals surface area contributed by atoms with Crippen molar-refractivity contribution in [1.82, 2.24) is 9.13 Å². The summed E-state index contributed by atoms with van der Waals surface area (Å²) < 4.78 is 4.91. The third-order valence-corrected chi connectivity index (χ3v) is 9.80. The Bertz CT molecular complexity index is 2190. The van der Waals surface area contributed by atoms with Crippen molar-refractivity contribution < 1.29 is 0 Å². The molecule has 0 unspecified atom stereocenters. The Kier molecular flexibility index (Phi) is 5.32. The lowest BCUT2D eigenvalue weighted by molar-refractivity contribution is 0.935. The molecule has 212 valence electrons. The molecular formula is C42H34N2. The molecule has 2 heteroatoms. The van der Waals surface area contributed by atoms with Crippen LogP contribution in [0.4, 0.5) is 0 Å². The van der Waals surface area contributed by atoms with E-state index in [1.165, 1.54) is 99.5 Å². The van der Waals surface area contributed by atoms with Crippen LogP contribution in [0.2, 0.25) is 0 Å². The van der Waals surface area contributed by atoms with Crippen LogP contribution in [-0.2, 0) is 12.8 Å². The fourth-order valence-corrected chi connectivity index (χ4v) is 7.71. The first-order valence-corrected chi connectivity index (χ1v) is 15.7. The van der Waals surface area contributed by atoms with Gasteiger partial charge in [0.15, 0.2) is 0 Å². The van der Waals surface area contributed by atoms with Gasteiger partial charge in [0.1, 0.15) is 0 Å². The zero-order valence-corrected chi connectivity index (χ0v) is 25.7. The first-order chi connectivity index (χ1) is 21.4. The topological polar surface area (TPSA) is 9.86 Å². The molecule has 2 aromatic heterocycles. The second kappa shape index (κ2) is 9.21. The molecule has 8 aromatic rings. The number of hydrogen-bond donors (Lipinski definition) is 0. The van der Waals surface area contributed by atoms with E-state index in [1.54, 1.807) is 0 Å². The normalized spacial score (nSPS) is 12.8. The Morgan fingerprint density at radius 3 is 1.00 bits per heavy atom. The Balaban J connectivity index is 1.18. The second-order valence-corrected chi connectivity index (χ2v) is 12.9. The van der Waals surface area contributed by atoms with E-state index in [2.05, 4.69) is 146 Å². The van der Waals surface area contributed by atoms with Gasteiger partial charge in [-0.05, 0) is 136 Å². The molecule has 0 aliphatic heterocycles. The summed E-state index contributed by atoms with van der Waals surface area (Å²) in [7, 11) is 0. The maximum Gasteiger partial charge on any atom is 0.0541 e. The Labute approximate surface area is 257 Å². The van der Waals surface area contributed by atoms with Crippen LogP contribution in [0.5, 0.6) is 0 Å². The fourth-order valence-electron chi connectivity index (χ4n) is 7.71. The number of nitrogens with zero attached hydrogens (tertiary/aromatic N) is 2. The monoisotopic (exact) mass is 566 g/mol. The van der Waals surface area contributed by atoms with Crippen molar-refractivity contribution in [2.24, 2.45) is 0 Å². The lowest BCUT2D eigenvalue weighted by Gasteiger charge is -2.22. The van der Waals surface area contributed by atoms with Gasteiger partial charge in [0, 0.05) is 32.9 Å². The van der Waals surface area contributed by atoms with E-state index in [4.69, 9.17) is 0 Å². The molecule has 0 spiro atoms. The van der Waals surface area contributed by atoms with Gasteiger partial charge >= 0.3 is 0 Å². The van der Waals surface area contributed by atoms with Crippen molar-refractivity contribution in [2.75, 3.05) is 0 Å². The maximum atomic E-state index is 2.45. The third-order valence-electron chi connectivity index (χ3n) is 9.80. The Hall–Kier alpha value is -5.08. The van der Waals surface area contributed by atoms with Gasteiger partial charge in [-0.2, -0.15) is 0 Å². The van der Waals surface area contributed by atoms with Gasteiger partial charge < -0.3 is 9.13 Å². The first kappa shape index (κ1) is 25.4. The molecule has 1 aliphatic carbocycles. The lowest BCUT2D eigenvalue weighted by atomic mass is 9.85. The zero-order valence-electron chi connectivity index (χ0n) is 25.7. The number of aryl methyl sites for hydroxylation is 6. The molecule has 2 heterocycles. The number of rotatable bonds is 2. The minimum absolute atomic E-state index is 1.04. The Morgan fingerprint density at radius 1 is 0.364 bits per heavy atom. The number of benzene rings is 6. The van der Waals surface area contributed by atoms with Crippen LogP contribution in [0, 0.1) is 27.7 Å². The van der Waals surface area contributed by atoms with Crippen LogP contribution < -0.4 is 0 Å². The van der Waals surface area contributed by atoms with Gasteiger partial charge in [-0.1, -0.05) is 58.7 Å². The van der Waals surface area contributed by atoms with Crippen LogP contribution in [0.1, 0.15) is 33.4 Å². The molecule has 6 aromatic carbocycles. The minimum atomic E-state index is 1.04. The van der Waals surface area contributed by atoms with Crippen molar-refractivity contribution >= 4 is 43.6 Å². The van der Waals surface area contributed by atoms with Gasteiger partial charge in [-0.3, -0.25) is 0 Å². The number of aromatic nitrogens is 2. The summed E-state index contributed by atoms with van der Waals surface area (Å²) in [5, 5.41) is 5.31. The summed E-state index contributed by atoms with van der Waals surface area (Å²) >= 11 is 0. The van der Waals surface area contributed by atoms with Crippen molar-refractivity contribution in [3.05, 3.63) is 143 Å². The molecule has 9 rings (SSSR count). The van der Waals surface area contributed by atoms with Gasteiger partial charge in [-0.25, -0.2) is 0 Å². The fraction of sp³-hybridized carbons (Fsp3) is 0.143. The lowest BCUT2D eigenvalue weighted by Crippen LogP contribution is -2.07. The van der Waals surface area contributed by atoms with Crippen LogP contribution >= 0.6 is 0 Å². The van der Waals surface area contributed by atoms with Gasteiger partial charge in [-0.15, -0.1) is 0 Å². The summed E-state index contributed by atoms with van der Waals surface area (Å²) in [6.45, 7) is 8.74. The predicted octanol–water partition coefficient (Wildman–Crippen LogP) is 10.9. The van der Waals surface area contributed by atoms with Gasteiger partial charge in [0.05, 0.1) is 22.1 Å². The van der Waals surface area contributed by atoms with Crippen LogP contribution in [0.25, 0.3) is 66.1 Å². The highest BCUT2D eigenvalue weighted by molar-refractivity contribution is 6.10. The van der Waals surface area contributed by atoms with Crippen LogP contribution in [0.3, 0.4) is 0 Å². The van der Waals surface area contributed by atoms with E-state index in [-0.39, 0.29) is 0 Å². The smallest absolute Gasteiger partial charge is 0.0541 e. The maximum absolute atomic E-state index is 2.45. The highest BCUT2D eigenvalue weighted by Crippen LogP contribution is 2.40. The molecule has 44 heavy (non-hydrogen) atoms. The molecule has 0 saturated heterocycles. The molecule has 0 amide bonds. The average Bonchev–Trinajstić information content (AvgIpc) is 3.51. The SMILES string of the molecule is Cc1ccc2c(c1)c1cc(C)ccc1n2-c1ccc2c(c1)CCc1cc(-n3c4ccc(C)cc4c4cc(C)ccc43)ccc1-2. The summed E-state index contributed by atoms with van der Waals surface area (Å²) in [5.41, 5.74) is 18.3. The van der Waals surface area contributed by atoms with Gasteiger partial charge in [0.25, 0.3) is 0 Å². The number of fused-ring (bicyclic) bond motifs is 9. The highest BCUT2D eigenvalue weighted by atomic mass is 15.0. The third kappa shape index (κ3) is 3.67. The van der Waals surface area contributed by atoms with Crippen molar-refractivity contribution in [3.63, 3.8) is 0 Å².